The van der Waals surface area contributed by atoms with Gasteiger partial charge in [0.1, 0.15) is 5.01 Å². The molecule has 166 valence electrons. The lowest BCUT2D eigenvalue weighted by atomic mass is 10.1. The third kappa shape index (κ3) is 4.74. The molecule has 0 unspecified atom stereocenters. The van der Waals surface area contributed by atoms with Gasteiger partial charge in [-0.1, -0.05) is 33.3 Å². The van der Waals surface area contributed by atoms with Crippen molar-refractivity contribution in [2.75, 3.05) is 18.6 Å². The molecule has 0 radical (unpaired) electrons. The number of ether oxygens (including phenoxy) is 1. The highest BCUT2D eigenvalue weighted by Gasteiger charge is 2.25. The van der Waals surface area contributed by atoms with Crippen LogP contribution >= 0.6 is 11.3 Å². The smallest absolute Gasteiger partial charge is 0.412 e. The standard InChI is InChI=1S/C23H29N3O4S/c1-6-7-10-30-19-18-11-16(20-24-15(4)13-31-20)8-9-17(18)22(27)26(12-14(2)3)21(19)25(5)23(28)29/h8-9,11,13-14H,6-7,10,12H2,1-5H3,(H,28,29). The molecular formula is C23H29N3O4S. The Balaban J connectivity index is 2.35. The van der Waals surface area contributed by atoms with Crippen LogP contribution in [0.2, 0.25) is 0 Å². The number of pyridine rings is 1. The Morgan fingerprint density at radius 1 is 1.32 bits per heavy atom. The molecule has 0 fully saturated rings. The second-order valence-corrected chi connectivity index (χ2v) is 8.92. The first-order chi connectivity index (χ1) is 14.7. The molecule has 7 nitrogen and oxygen atoms in total. The number of carboxylic acid groups (broad SMARTS) is 1. The van der Waals surface area contributed by atoms with E-state index in [9.17, 15) is 14.7 Å². The Hall–Kier alpha value is -2.87. The average Bonchev–Trinajstić information content (AvgIpc) is 3.16. The van der Waals surface area contributed by atoms with Crippen LogP contribution in [0.1, 0.15) is 39.3 Å². The van der Waals surface area contributed by atoms with Gasteiger partial charge in [0.25, 0.3) is 5.56 Å². The van der Waals surface area contributed by atoms with E-state index < -0.39 is 6.09 Å². The molecule has 2 heterocycles. The zero-order valence-corrected chi connectivity index (χ0v) is 19.5. The zero-order valence-electron chi connectivity index (χ0n) is 18.6. The number of hydrogen-bond acceptors (Lipinski definition) is 5. The van der Waals surface area contributed by atoms with Gasteiger partial charge in [-0.15, -0.1) is 11.3 Å². The van der Waals surface area contributed by atoms with E-state index in [1.807, 2.05) is 38.3 Å². The summed E-state index contributed by atoms with van der Waals surface area (Å²) in [5, 5.41) is 13.7. The molecular weight excluding hydrogens is 414 g/mol. The summed E-state index contributed by atoms with van der Waals surface area (Å²) in [5.74, 6) is 0.836. The number of aromatic nitrogens is 2. The van der Waals surface area contributed by atoms with E-state index in [0.29, 0.717) is 29.7 Å². The number of hydrogen-bond donors (Lipinski definition) is 1. The first kappa shape index (κ1) is 22.8. The molecule has 8 heteroatoms. The molecule has 3 rings (SSSR count). The molecule has 31 heavy (non-hydrogen) atoms. The van der Waals surface area contributed by atoms with Gasteiger partial charge >= 0.3 is 6.09 Å². The van der Waals surface area contributed by atoms with Crippen LogP contribution in [0.3, 0.4) is 0 Å². The van der Waals surface area contributed by atoms with Gasteiger partial charge in [-0.3, -0.25) is 14.3 Å². The van der Waals surface area contributed by atoms with Crippen molar-refractivity contribution in [2.45, 2.75) is 47.1 Å². The van der Waals surface area contributed by atoms with Crippen molar-refractivity contribution in [1.82, 2.24) is 9.55 Å². The van der Waals surface area contributed by atoms with Crippen molar-refractivity contribution in [3.05, 3.63) is 39.6 Å². The molecule has 0 aliphatic heterocycles. The summed E-state index contributed by atoms with van der Waals surface area (Å²) in [6.07, 6.45) is 0.618. The Morgan fingerprint density at radius 3 is 2.65 bits per heavy atom. The second kappa shape index (κ2) is 9.51. The van der Waals surface area contributed by atoms with E-state index in [1.54, 1.807) is 6.07 Å². The number of nitrogens with zero attached hydrogens (tertiary/aromatic N) is 3. The van der Waals surface area contributed by atoms with E-state index in [-0.39, 0.29) is 17.3 Å². The fourth-order valence-electron chi connectivity index (χ4n) is 3.44. The summed E-state index contributed by atoms with van der Waals surface area (Å²) in [5.41, 5.74) is 1.57. The summed E-state index contributed by atoms with van der Waals surface area (Å²) in [4.78, 5) is 30.9. The maximum Gasteiger partial charge on any atom is 0.412 e. The van der Waals surface area contributed by atoms with Gasteiger partial charge in [-0.25, -0.2) is 9.78 Å². The molecule has 0 aliphatic rings. The quantitative estimate of drug-likeness (QED) is 0.472. The van der Waals surface area contributed by atoms with Crippen molar-refractivity contribution < 1.29 is 14.6 Å². The fraction of sp³-hybridized carbons (Fsp3) is 0.435. The lowest BCUT2D eigenvalue weighted by Crippen LogP contribution is -2.34. The first-order valence-corrected chi connectivity index (χ1v) is 11.3. The van der Waals surface area contributed by atoms with E-state index >= 15 is 0 Å². The Morgan fingerprint density at radius 2 is 2.06 bits per heavy atom. The Bertz CT molecular complexity index is 1150. The highest BCUT2D eigenvalue weighted by Crippen LogP contribution is 2.37. The zero-order chi connectivity index (χ0) is 22.7. The molecule has 0 atom stereocenters. The highest BCUT2D eigenvalue weighted by atomic mass is 32.1. The van der Waals surface area contributed by atoms with Crippen LogP contribution in [0.25, 0.3) is 21.3 Å². The number of anilines is 1. The topological polar surface area (TPSA) is 84.7 Å². The van der Waals surface area contributed by atoms with Gasteiger partial charge < -0.3 is 9.84 Å². The van der Waals surface area contributed by atoms with E-state index in [2.05, 4.69) is 11.9 Å². The molecule has 0 bridgehead atoms. The monoisotopic (exact) mass is 443 g/mol. The predicted octanol–water partition coefficient (Wildman–Crippen LogP) is 5.38. The fourth-order valence-corrected chi connectivity index (χ4v) is 4.24. The minimum absolute atomic E-state index is 0.150. The first-order valence-electron chi connectivity index (χ1n) is 10.5. The van der Waals surface area contributed by atoms with Crippen LogP contribution in [-0.4, -0.2) is 34.4 Å². The Kier molecular flexibility index (Phi) is 7.00. The van der Waals surface area contributed by atoms with Crippen LogP contribution in [-0.2, 0) is 6.54 Å². The normalized spacial score (nSPS) is 11.3. The number of benzene rings is 1. The number of fused-ring (bicyclic) bond motifs is 1. The molecule has 3 aromatic rings. The summed E-state index contributed by atoms with van der Waals surface area (Å²) in [7, 11) is 1.44. The minimum atomic E-state index is -1.15. The predicted molar refractivity (Wildman–Crippen MR) is 126 cm³/mol. The van der Waals surface area contributed by atoms with E-state index in [0.717, 1.165) is 34.0 Å². The van der Waals surface area contributed by atoms with Gasteiger partial charge in [0, 0.05) is 35.6 Å². The average molecular weight is 444 g/mol. The number of carbonyl (C=O) groups is 1. The second-order valence-electron chi connectivity index (χ2n) is 8.06. The summed E-state index contributed by atoms with van der Waals surface area (Å²) < 4.78 is 7.68. The highest BCUT2D eigenvalue weighted by molar-refractivity contribution is 7.13. The number of thiazole rings is 1. The van der Waals surface area contributed by atoms with Crippen molar-refractivity contribution in [2.24, 2.45) is 5.92 Å². The number of rotatable bonds is 8. The molecule has 0 saturated heterocycles. The SMILES string of the molecule is CCCCOc1c(N(C)C(=O)O)n(CC(C)C)c(=O)c2ccc(-c3nc(C)cs3)cc12. The van der Waals surface area contributed by atoms with Crippen LogP contribution in [0.4, 0.5) is 10.6 Å². The van der Waals surface area contributed by atoms with Gasteiger partial charge in [0.05, 0.1) is 12.0 Å². The van der Waals surface area contributed by atoms with Crippen molar-refractivity contribution in [1.29, 1.82) is 0 Å². The van der Waals surface area contributed by atoms with Crippen LogP contribution in [0, 0.1) is 12.8 Å². The van der Waals surface area contributed by atoms with Gasteiger partial charge in [-0.2, -0.15) is 0 Å². The summed E-state index contributed by atoms with van der Waals surface area (Å²) >= 11 is 1.53. The van der Waals surface area contributed by atoms with Crippen molar-refractivity contribution in [3.8, 4) is 16.3 Å². The summed E-state index contributed by atoms with van der Waals surface area (Å²) in [6.45, 7) is 8.81. The van der Waals surface area contributed by atoms with E-state index in [1.165, 1.54) is 23.0 Å². The lowest BCUT2D eigenvalue weighted by Gasteiger charge is -2.25. The molecule has 0 saturated carbocycles. The maximum absolute atomic E-state index is 13.4. The minimum Gasteiger partial charge on any atom is -0.489 e. The van der Waals surface area contributed by atoms with Crippen molar-refractivity contribution in [3.63, 3.8) is 0 Å². The van der Waals surface area contributed by atoms with Gasteiger partial charge in [-0.05, 0) is 31.4 Å². The number of aryl methyl sites for hydroxylation is 1. The molecule has 2 aromatic heterocycles. The lowest BCUT2D eigenvalue weighted by molar-refractivity contribution is 0.202. The maximum atomic E-state index is 13.4. The van der Waals surface area contributed by atoms with Crippen LogP contribution in [0.15, 0.2) is 28.4 Å². The molecule has 1 amide bonds. The van der Waals surface area contributed by atoms with Gasteiger partial charge in [0.2, 0.25) is 0 Å². The van der Waals surface area contributed by atoms with Crippen molar-refractivity contribution >= 4 is 34.0 Å². The third-order valence-electron chi connectivity index (χ3n) is 4.96. The molecule has 0 aliphatic carbocycles. The molecule has 1 N–H and O–H groups in total. The van der Waals surface area contributed by atoms with Crippen LogP contribution < -0.4 is 15.2 Å². The van der Waals surface area contributed by atoms with E-state index in [4.69, 9.17) is 4.74 Å². The number of unbranched alkanes of at least 4 members (excludes halogenated alkanes) is 1. The summed E-state index contributed by atoms with van der Waals surface area (Å²) in [6, 6.07) is 5.56. The third-order valence-corrected chi connectivity index (χ3v) is 5.97. The molecule has 1 aromatic carbocycles. The largest absolute Gasteiger partial charge is 0.489 e. The van der Waals surface area contributed by atoms with Gasteiger partial charge in [0.15, 0.2) is 11.6 Å². The van der Waals surface area contributed by atoms with Crippen LogP contribution in [0.5, 0.6) is 5.75 Å². The molecule has 0 spiro atoms. The Labute approximate surface area is 185 Å². The number of amides is 1.